The average molecular weight is 107 g/mol. The summed E-state index contributed by atoms with van der Waals surface area (Å²) in [6, 6.07) is 0. The van der Waals surface area contributed by atoms with Gasteiger partial charge in [-0.1, -0.05) is 0 Å². The second kappa shape index (κ2) is 19.4. The summed E-state index contributed by atoms with van der Waals surface area (Å²) in [7, 11) is 0. The molecule has 0 spiro atoms. The molecule has 0 aromatic heterocycles. The van der Waals surface area contributed by atoms with Crippen molar-refractivity contribution < 1.29 is 14.7 Å². The molecule has 0 atom stereocenters. The summed E-state index contributed by atoms with van der Waals surface area (Å²) < 4.78 is 0. The van der Waals surface area contributed by atoms with Crippen LogP contribution in [0.3, 0.4) is 0 Å². The first-order valence-electron chi connectivity index (χ1n) is 1.22. The highest BCUT2D eigenvalue weighted by molar-refractivity contribution is 5.62. The molecule has 0 aliphatic carbocycles. The molecule has 44 valence electrons. The first kappa shape index (κ1) is 16.5. The third kappa shape index (κ3) is 60.5. The van der Waals surface area contributed by atoms with Gasteiger partial charge in [-0.25, -0.2) is 0 Å². The van der Waals surface area contributed by atoms with E-state index in [9.17, 15) is 0 Å². The summed E-state index contributed by atoms with van der Waals surface area (Å²) in [4.78, 5) is 17.0. The molecule has 0 fully saturated rings. The molecule has 4 nitrogen and oxygen atoms in total. The van der Waals surface area contributed by atoms with E-state index in [1.165, 1.54) is 0 Å². The molecular weight excluding hydrogens is 98.0 g/mol. The van der Waals surface area contributed by atoms with Crippen molar-refractivity contribution in [1.29, 1.82) is 0 Å². The lowest BCUT2D eigenvalue weighted by Crippen LogP contribution is -1.78. The van der Waals surface area contributed by atoms with Gasteiger partial charge in [-0.05, 0) is 0 Å². The summed E-state index contributed by atoms with van der Waals surface area (Å²) in [5.41, 5.74) is 0. The minimum atomic E-state index is -0.833. The van der Waals surface area contributed by atoms with Crippen LogP contribution >= 0.6 is 0 Å². The Balaban J connectivity index is -0.0000000480. The number of rotatable bonds is 0. The predicted octanol–water partition coefficient (Wildman–Crippen LogP) is 0.0680. The van der Waals surface area contributed by atoms with E-state index in [0.717, 1.165) is 6.92 Å². The highest BCUT2D eigenvalue weighted by Gasteiger charge is 1.65. The third-order valence-electron chi connectivity index (χ3n) is 0. The van der Waals surface area contributed by atoms with E-state index >= 15 is 0 Å². The van der Waals surface area contributed by atoms with Crippen molar-refractivity contribution in [3.63, 3.8) is 0 Å². The Morgan fingerprint density at radius 2 is 1.57 bits per heavy atom. The Morgan fingerprint density at radius 1 is 1.57 bits per heavy atom. The van der Waals surface area contributed by atoms with Crippen LogP contribution in [0.4, 0.5) is 0 Å². The van der Waals surface area contributed by atoms with Crippen LogP contribution < -0.4 is 6.15 Å². The smallest absolute Gasteiger partial charge is 0.300 e. The number of hydrogen-bond acceptors (Lipinski definition) is 3. The molecule has 4 N–H and O–H groups in total. The van der Waals surface area contributed by atoms with E-state index in [1.54, 1.807) is 0 Å². The molecule has 0 saturated carbocycles. The van der Waals surface area contributed by atoms with Crippen molar-refractivity contribution in [1.82, 2.24) is 6.15 Å². The molecule has 0 aromatic rings. The fraction of sp³-hybridized carbons (Fsp3) is 0.333. The highest BCUT2D eigenvalue weighted by Crippen LogP contribution is 1.42. The first-order valence-corrected chi connectivity index (χ1v) is 1.22. The van der Waals surface area contributed by atoms with Gasteiger partial charge in [0.25, 0.3) is 5.97 Å². The van der Waals surface area contributed by atoms with Crippen molar-refractivity contribution in [3.8, 4) is 0 Å². The normalized spacial score (nSPS) is 4.14. The highest BCUT2D eigenvalue weighted by atomic mass is 16.4. The molecule has 0 amide bonds. The van der Waals surface area contributed by atoms with Crippen LogP contribution in [-0.4, -0.2) is 17.9 Å². The van der Waals surface area contributed by atoms with Crippen LogP contribution in [0.5, 0.6) is 0 Å². The molecule has 0 bridgehead atoms. The summed E-state index contributed by atoms with van der Waals surface area (Å²) in [5.74, 6) is -0.833. The maximum absolute atomic E-state index is 9.00. The van der Waals surface area contributed by atoms with E-state index in [1.807, 2.05) is 6.79 Å². The number of carboxylic acids is 1. The van der Waals surface area contributed by atoms with Gasteiger partial charge in [0.15, 0.2) is 0 Å². The van der Waals surface area contributed by atoms with Gasteiger partial charge in [-0.15, -0.1) is 0 Å². The molecule has 4 heteroatoms. The molecular formula is C3H9NO3. The van der Waals surface area contributed by atoms with Gasteiger partial charge < -0.3 is 16.1 Å². The fourth-order valence-corrected chi connectivity index (χ4v) is 0. The zero-order chi connectivity index (χ0) is 5.58. The van der Waals surface area contributed by atoms with Crippen LogP contribution in [0.2, 0.25) is 0 Å². The van der Waals surface area contributed by atoms with Gasteiger partial charge in [-0.2, -0.15) is 0 Å². The number of carbonyl (C=O) groups is 2. The van der Waals surface area contributed by atoms with Crippen LogP contribution in [-0.2, 0) is 9.59 Å². The predicted molar refractivity (Wildman–Crippen MR) is 25.5 cm³/mol. The van der Waals surface area contributed by atoms with Crippen LogP contribution in [0, 0.1) is 0 Å². The van der Waals surface area contributed by atoms with Gasteiger partial charge in [0.2, 0.25) is 0 Å². The molecule has 0 radical (unpaired) electrons. The third-order valence-corrected chi connectivity index (χ3v) is 0. The van der Waals surface area contributed by atoms with Gasteiger partial charge in [0, 0.05) is 6.92 Å². The van der Waals surface area contributed by atoms with E-state index < -0.39 is 5.97 Å². The van der Waals surface area contributed by atoms with Crippen molar-refractivity contribution in [3.05, 3.63) is 0 Å². The number of aliphatic carboxylic acids is 1. The molecule has 0 unspecified atom stereocenters. The quantitative estimate of drug-likeness (QED) is 0.458. The van der Waals surface area contributed by atoms with Crippen molar-refractivity contribution >= 4 is 12.8 Å². The second-order valence-corrected chi connectivity index (χ2v) is 0.519. The maximum Gasteiger partial charge on any atom is 0.300 e. The summed E-state index contributed by atoms with van der Waals surface area (Å²) >= 11 is 0. The number of hydrogen-bond donors (Lipinski definition) is 2. The molecule has 0 saturated heterocycles. The summed E-state index contributed by atoms with van der Waals surface area (Å²) in [6.45, 7) is 3.08. The summed E-state index contributed by atoms with van der Waals surface area (Å²) in [5, 5.41) is 7.42. The lowest BCUT2D eigenvalue weighted by Gasteiger charge is -1.59. The van der Waals surface area contributed by atoms with Gasteiger partial charge in [0.05, 0.1) is 0 Å². The topological polar surface area (TPSA) is 89.4 Å². The van der Waals surface area contributed by atoms with Gasteiger partial charge in [0.1, 0.15) is 6.79 Å². The molecule has 0 heterocycles. The molecule has 7 heavy (non-hydrogen) atoms. The lowest BCUT2D eigenvalue weighted by molar-refractivity contribution is -0.134. The zero-order valence-corrected chi connectivity index (χ0v) is 4.18. The zero-order valence-electron chi connectivity index (χ0n) is 4.18. The van der Waals surface area contributed by atoms with E-state index in [-0.39, 0.29) is 6.15 Å². The molecule has 0 aromatic carbocycles. The first-order chi connectivity index (χ1) is 2.73. The van der Waals surface area contributed by atoms with Crippen molar-refractivity contribution in [2.24, 2.45) is 0 Å². The SMILES string of the molecule is C=O.CC(=O)O.N. The standard InChI is InChI=1S/C2H4O2.CH2O.H3N/c1-2(3)4;1-2;/h1H3,(H,3,4);1H2;1H3. The van der Waals surface area contributed by atoms with E-state index in [4.69, 9.17) is 14.7 Å². The monoisotopic (exact) mass is 107 g/mol. The van der Waals surface area contributed by atoms with E-state index in [0.29, 0.717) is 0 Å². The molecule has 0 rings (SSSR count). The maximum atomic E-state index is 9.00. The van der Waals surface area contributed by atoms with Gasteiger partial charge in [-0.3, -0.25) is 4.79 Å². The van der Waals surface area contributed by atoms with E-state index in [2.05, 4.69) is 0 Å². The Bertz CT molecular complexity index is 41.4. The Labute approximate surface area is 41.7 Å². The van der Waals surface area contributed by atoms with Crippen molar-refractivity contribution in [2.75, 3.05) is 0 Å². The molecule has 0 aliphatic heterocycles. The Hall–Kier alpha value is -0.900. The van der Waals surface area contributed by atoms with Gasteiger partial charge >= 0.3 is 0 Å². The average Bonchev–Trinajstić information content (AvgIpc) is 1.41. The summed E-state index contributed by atoms with van der Waals surface area (Å²) in [6.07, 6.45) is 0. The fourth-order valence-electron chi connectivity index (χ4n) is 0. The minimum Gasteiger partial charge on any atom is -0.481 e. The van der Waals surface area contributed by atoms with Crippen LogP contribution in [0.1, 0.15) is 6.92 Å². The molecule has 0 aliphatic rings. The largest absolute Gasteiger partial charge is 0.481 e. The van der Waals surface area contributed by atoms with Crippen LogP contribution in [0.15, 0.2) is 0 Å². The van der Waals surface area contributed by atoms with Crippen LogP contribution in [0.25, 0.3) is 0 Å². The minimum absolute atomic E-state index is 0. The van der Waals surface area contributed by atoms with Crippen molar-refractivity contribution in [2.45, 2.75) is 6.92 Å². The Morgan fingerprint density at radius 3 is 1.57 bits per heavy atom. The number of carbonyl (C=O) groups excluding carboxylic acids is 1. The Kier molecular flexibility index (Phi) is 45.9. The lowest BCUT2D eigenvalue weighted by atomic mass is 10.9. The number of carboxylic acid groups (broad SMARTS) is 1. The second-order valence-electron chi connectivity index (χ2n) is 0.519.